The fourth-order valence-corrected chi connectivity index (χ4v) is 8.83. The number of hydrogen-bond donors (Lipinski definition) is 2. The molecular weight excluding hydrogens is 741 g/mol. The first-order valence-electron chi connectivity index (χ1n) is 19.0. The normalized spacial score (nSPS) is 18.3. The van der Waals surface area contributed by atoms with Crippen molar-refractivity contribution in [1.82, 2.24) is 9.80 Å². The van der Waals surface area contributed by atoms with Gasteiger partial charge in [0, 0.05) is 37.3 Å². The lowest BCUT2D eigenvalue weighted by Gasteiger charge is -2.18. The van der Waals surface area contributed by atoms with Gasteiger partial charge in [-0.2, -0.15) is 0 Å². The van der Waals surface area contributed by atoms with Crippen molar-refractivity contribution in [3.05, 3.63) is 119 Å². The van der Waals surface area contributed by atoms with Crippen LogP contribution in [-0.2, 0) is 19.2 Å². The number of benzene rings is 4. The van der Waals surface area contributed by atoms with Crippen LogP contribution < -0.4 is 10.6 Å². The lowest BCUT2D eigenvalue weighted by Crippen LogP contribution is -2.34. The molecule has 2 aliphatic heterocycles. The fourth-order valence-electron chi connectivity index (χ4n) is 6.46. The summed E-state index contributed by atoms with van der Waals surface area (Å²) in [7, 11) is 0. The van der Waals surface area contributed by atoms with E-state index in [1.165, 1.54) is 23.5 Å². The number of carbonyl (C=O) groups is 4. The smallest absolute Gasteiger partial charge is 0.242 e. The molecule has 4 aromatic carbocycles. The van der Waals surface area contributed by atoms with E-state index in [4.69, 9.17) is 9.98 Å². The topological polar surface area (TPSA) is 124 Å². The SMILES string of the molecule is Cc1ccc(C)c(NC(=O)C[C@@H]2SC(=Nc3ccccc3)N(CCCCCCN3C(=O)[C@H](CC(=O)Nc4cc(C)ccc4C)SC3=Nc3ccccc3)C2=O)c1. The molecule has 2 N–H and O–H groups in total. The highest BCUT2D eigenvalue weighted by Gasteiger charge is 2.40. The molecule has 0 aliphatic carbocycles. The van der Waals surface area contributed by atoms with Crippen LogP contribution in [0.25, 0.3) is 0 Å². The number of unbranched alkanes of at least 4 members (excludes halogenated alkanes) is 3. The van der Waals surface area contributed by atoms with Crippen LogP contribution in [-0.4, -0.2) is 67.4 Å². The van der Waals surface area contributed by atoms with Gasteiger partial charge in [0.2, 0.25) is 23.6 Å². The van der Waals surface area contributed by atoms with Crippen LogP contribution in [0.4, 0.5) is 22.7 Å². The minimum atomic E-state index is -0.570. The first kappa shape index (κ1) is 40.5. The van der Waals surface area contributed by atoms with Crippen molar-refractivity contribution in [2.45, 2.75) is 76.7 Å². The van der Waals surface area contributed by atoms with Gasteiger partial charge in [-0.25, -0.2) is 9.98 Å². The second kappa shape index (κ2) is 19.1. The zero-order valence-electron chi connectivity index (χ0n) is 32.3. The third kappa shape index (κ3) is 10.8. The predicted octanol–water partition coefficient (Wildman–Crippen LogP) is 9.10. The number of aliphatic imine (C=N–C) groups is 2. The van der Waals surface area contributed by atoms with E-state index in [0.717, 1.165) is 70.7 Å². The second-order valence-corrected chi connectivity index (χ2v) is 16.5. The Morgan fingerprint density at radius 1 is 0.571 bits per heavy atom. The molecule has 2 heterocycles. The van der Waals surface area contributed by atoms with Crippen molar-refractivity contribution in [1.29, 1.82) is 0 Å². The monoisotopic (exact) mass is 788 g/mol. The van der Waals surface area contributed by atoms with Gasteiger partial charge in [-0.05, 0) is 99.2 Å². The number of carbonyl (C=O) groups excluding carboxylic acids is 4. The Bertz CT molecular complexity index is 1970. The molecule has 4 aromatic rings. The van der Waals surface area contributed by atoms with Crippen LogP contribution in [0.15, 0.2) is 107 Å². The first-order chi connectivity index (χ1) is 27.0. The molecule has 10 nitrogen and oxygen atoms in total. The van der Waals surface area contributed by atoms with Crippen LogP contribution in [0.1, 0.15) is 60.8 Å². The van der Waals surface area contributed by atoms with Gasteiger partial charge in [0.05, 0.1) is 11.4 Å². The van der Waals surface area contributed by atoms with Gasteiger partial charge in [-0.15, -0.1) is 0 Å². The van der Waals surface area contributed by atoms with Gasteiger partial charge < -0.3 is 10.6 Å². The summed E-state index contributed by atoms with van der Waals surface area (Å²) in [6.07, 6.45) is 3.21. The molecule has 2 atom stereocenters. The van der Waals surface area contributed by atoms with E-state index in [1.807, 2.05) is 125 Å². The summed E-state index contributed by atoms with van der Waals surface area (Å²) in [5, 5.41) is 6.04. The largest absolute Gasteiger partial charge is 0.326 e. The average Bonchev–Trinajstić information content (AvgIpc) is 3.62. The van der Waals surface area contributed by atoms with Gasteiger partial charge in [-0.1, -0.05) is 97.0 Å². The zero-order valence-corrected chi connectivity index (χ0v) is 33.9. The summed E-state index contributed by atoms with van der Waals surface area (Å²) < 4.78 is 0. The highest BCUT2D eigenvalue weighted by molar-refractivity contribution is 8.15. The number of amides is 4. The number of amidine groups is 2. The number of aryl methyl sites for hydroxylation is 4. The molecule has 0 unspecified atom stereocenters. The van der Waals surface area contributed by atoms with E-state index < -0.39 is 10.5 Å². The predicted molar refractivity (Wildman–Crippen MR) is 230 cm³/mol. The van der Waals surface area contributed by atoms with E-state index in [9.17, 15) is 19.2 Å². The Morgan fingerprint density at radius 3 is 1.36 bits per heavy atom. The molecule has 290 valence electrons. The highest BCUT2D eigenvalue weighted by atomic mass is 32.2. The summed E-state index contributed by atoms with van der Waals surface area (Å²) in [6, 6.07) is 30.9. The molecule has 6 rings (SSSR count). The van der Waals surface area contributed by atoms with Crippen molar-refractivity contribution in [3.63, 3.8) is 0 Å². The van der Waals surface area contributed by atoms with Crippen molar-refractivity contribution < 1.29 is 19.2 Å². The molecule has 0 radical (unpaired) electrons. The maximum Gasteiger partial charge on any atom is 0.242 e. The van der Waals surface area contributed by atoms with Crippen molar-refractivity contribution in [2.75, 3.05) is 23.7 Å². The van der Waals surface area contributed by atoms with Crippen LogP contribution in [0.3, 0.4) is 0 Å². The lowest BCUT2D eigenvalue weighted by atomic mass is 10.1. The van der Waals surface area contributed by atoms with Crippen LogP contribution >= 0.6 is 23.5 Å². The van der Waals surface area contributed by atoms with Crippen molar-refractivity contribution in [2.24, 2.45) is 9.98 Å². The Hall–Kier alpha value is -5.20. The van der Waals surface area contributed by atoms with Crippen molar-refractivity contribution >= 4 is 80.2 Å². The Labute approximate surface area is 337 Å². The summed E-state index contributed by atoms with van der Waals surface area (Å²) >= 11 is 2.67. The molecular formula is C44H48N6O4S2. The summed E-state index contributed by atoms with van der Waals surface area (Å²) in [5.74, 6) is -0.649. The number of nitrogens with one attached hydrogen (secondary N) is 2. The second-order valence-electron chi connectivity index (χ2n) is 14.2. The molecule has 0 aromatic heterocycles. The van der Waals surface area contributed by atoms with Gasteiger partial charge >= 0.3 is 0 Å². The molecule has 2 saturated heterocycles. The number of thioether (sulfide) groups is 2. The molecule has 56 heavy (non-hydrogen) atoms. The summed E-state index contributed by atoms with van der Waals surface area (Å²) in [6.45, 7) is 8.80. The maximum absolute atomic E-state index is 13.7. The molecule has 12 heteroatoms. The third-order valence-corrected chi connectivity index (χ3v) is 11.9. The van der Waals surface area contributed by atoms with E-state index in [-0.39, 0.29) is 36.5 Å². The van der Waals surface area contributed by atoms with Crippen LogP contribution in [0.5, 0.6) is 0 Å². The highest BCUT2D eigenvalue weighted by Crippen LogP contribution is 2.34. The fraction of sp³-hybridized carbons (Fsp3) is 0.318. The minimum absolute atomic E-state index is 0.0458. The quantitative estimate of drug-likeness (QED) is 0.116. The number of nitrogens with zero attached hydrogens (tertiary/aromatic N) is 4. The molecule has 0 bridgehead atoms. The molecule has 2 aliphatic rings. The van der Waals surface area contributed by atoms with Crippen LogP contribution in [0.2, 0.25) is 0 Å². The standard InChI is InChI=1S/C44H48N6O4S2/c1-29-19-21-31(3)35(25-29)47-39(51)27-37-41(53)49(43(55-37)45-33-15-9-7-10-16-33)23-13-5-6-14-24-50-42(54)38(56-44(50)46-34-17-11-8-12-18-34)28-40(52)48-36-26-30(2)20-22-32(36)4/h7-12,15-22,25-26,37-38H,5-6,13-14,23-24,27-28H2,1-4H3,(H,47,51)(H,48,52)/t37-,38-/m0/s1. The van der Waals surface area contributed by atoms with Gasteiger partial charge in [0.25, 0.3) is 0 Å². The van der Waals surface area contributed by atoms with Gasteiger partial charge in [0.1, 0.15) is 10.5 Å². The molecule has 0 saturated carbocycles. The van der Waals surface area contributed by atoms with Gasteiger partial charge in [0.15, 0.2) is 10.3 Å². The Kier molecular flexibility index (Phi) is 13.8. The minimum Gasteiger partial charge on any atom is -0.326 e. The van der Waals surface area contributed by atoms with Crippen LogP contribution in [0, 0.1) is 27.7 Å². The van der Waals surface area contributed by atoms with Gasteiger partial charge in [-0.3, -0.25) is 29.0 Å². The number of para-hydroxylation sites is 2. The number of hydrogen-bond acceptors (Lipinski definition) is 8. The summed E-state index contributed by atoms with van der Waals surface area (Å²) in [4.78, 5) is 66.7. The Morgan fingerprint density at radius 2 is 0.964 bits per heavy atom. The van der Waals surface area contributed by atoms with Crippen molar-refractivity contribution in [3.8, 4) is 0 Å². The summed E-state index contributed by atoms with van der Waals surface area (Å²) in [5.41, 5.74) is 7.02. The maximum atomic E-state index is 13.7. The molecule has 2 fully saturated rings. The Balaban J connectivity index is 1.05. The van der Waals surface area contributed by atoms with E-state index in [0.29, 0.717) is 23.4 Å². The first-order valence-corrected chi connectivity index (χ1v) is 20.8. The number of rotatable bonds is 15. The third-order valence-electron chi connectivity index (χ3n) is 9.59. The number of anilines is 2. The van der Waals surface area contributed by atoms with E-state index in [2.05, 4.69) is 10.6 Å². The van der Waals surface area contributed by atoms with E-state index in [1.54, 1.807) is 9.80 Å². The van der Waals surface area contributed by atoms with E-state index >= 15 is 0 Å². The zero-order chi connectivity index (χ0) is 39.6. The molecule has 0 spiro atoms. The average molecular weight is 789 g/mol. The molecule has 4 amide bonds. The lowest BCUT2D eigenvalue weighted by molar-refractivity contribution is -0.128.